The first-order chi connectivity index (χ1) is 32.6. The Labute approximate surface area is 412 Å². The van der Waals surface area contributed by atoms with Crippen LogP contribution in [0.1, 0.15) is 316 Å². The lowest BCUT2D eigenvalue weighted by Gasteiger charge is -2.18. The molecular weight excluding hydrogens is 813 g/mol. The molecule has 0 spiro atoms. The smallest absolute Gasteiger partial charge is 0.306 e. The fourth-order valence-electron chi connectivity index (χ4n) is 8.76. The molecule has 0 aliphatic rings. The van der Waals surface area contributed by atoms with Gasteiger partial charge in [0.1, 0.15) is 6.61 Å². The molecular formula is C61H114O5. The van der Waals surface area contributed by atoms with Crippen molar-refractivity contribution in [2.24, 2.45) is 0 Å². The molecule has 0 saturated carbocycles. The third-order valence-electron chi connectivity index (χ3n) is 13.2. The summed E-state index contributed by atoms with van der Waals surface area (Å²) in [4.78, 5) is 25.5. The van der Waals surface area contributed by atoms with Crippen molar-refractivity contribution < 1.29 is 23.8 Å². The summed E-state index contributed by atoms with van der Waals surface area (Å²) in [5, 5.41) is 0. The average molecular weight is 928 g/mol. The molecule has 0 N–H and O–H groups in total. The molecule has 0 aliphatic heterocycles. The van der Waals surface area contributed by atoms with Crippen molar-refractivity contribution in [1.29, 1.82) is 0 Å². The van der Waals surface area contributed by atoms with Gasteiger partial charge in [0.05, 0.1) is 6.61 Å². The molecule has 0 fully saturated rings. The molecule has 0 unspecified atom stereocenters. The second-order valence-corrected chi connectivity index (χ2v) is 19.9. The Morgan fingerprint density at radius 2 is 0.636 bits per heavy atom. The Morgan fingerprint density at radius 1 is 0.333 bits per heavy atom. The number of rotatable bonds is 55. The summed E-state index contributed by atoms with van der Waals surface area (Å²) in [6.45, 7) is 7.85. The van der Waals surface area contributed by atoms with Crippen LogP contribution in [0, 0.1) is 0 Å². The third-order valence-corrected chi connectivity index (χ3v) is 13.2. The number of ether oxygens (including phenoxy) is 3. The number of esters is 2. The second-order valence-electron chi connectivity index (χ2n) is 19.9. The zero-order valence-electron chi connectivity index (χ0n) is 44.7. The summed E-state index contributed by atoms with van der Waals surface area (Å²) in [7, 11) is 0. The standard InChI is InChI=1S/C61H114O5/c1-4-7-10-13-16-19-22-25-28-31-33-36-39-42-45-48-51-54-60(62)65-58-59(57-64-56-53-50-47-44-41-38-35-30-27-24-21-18-15-12-9-6-3)66-61(63)55-52-49-46-43-40-37-34-32-29-26-23-20-17-14-11-8-5-2/h16,19,25,28,33,36,59H,4-15,17-18,20-24,26-27,29-32,34-35,37-58H2,1-3H3/b19-16-,28-25-,36-33-/t59-/m1/s1. The van der Waals surface area contributed by atoms with E-state index in [4.69, 9.17) is 14.2 Å². The molecule has 0 saturated heterocycles. The van der Waals surface area contributed by atoms with Gasteiger partial charge in [-0.2, -0.15) is 0 Å². The lowest BCUT2D eigenvalue weighted by Crippen LogP contribution is -2.30. The van der Waals surface area contributed by atoms with E-state index in [1.807, 2.05) is 0 Å². The number of carbonyl (C=O) groups is 2. The van der Waals surface area contributed by atoms with Crippen molar-refractivity contribution in [3.05, 3.63) is 36.5 Å². The second kappa shape index (κ2) is 57.4. The van der Waals surface area contributed by atoms with Gasteiger partial charge in [-0.15, -0.1) is 0 Å². The summed E-state index contributed by atoms with van der Waals surface area (Å²) in [5.41, 5.74) is 0. The number of allylic oxidation sites excluding steroid dienone is 6. The van der Waals surface area contributed by atoms with Gasteiger partial charge in [-0.1, -0.05) is 282 Å². The van der Waals surface area contributed by atoms with E-state index in [1.165, 1.54) is 218 Å². The molecule has 0 aromatic rings. The van der Waals surface area contributed by atoms with E-state index in [1.54, 1.807) is 0 Å². The molecule has 388 valence electrons. The average Bonchev–Trinajstić information content (AvgIpc) is 3.32. The molecule has 1 atom stereocenters. The molecule has 0 heterocycles. The topological polar surface area (TPSA) is 61.8 Å². The van der Waals surface area contributed by atoms with Gasteiger partial charge in [-0.05, 0) is 57.8 Å². The van der Waals surface area contributed by atoms with E-state index in [0.29, 0.717) is 19.4 Å². The van der Waals surface area contributed by atoms with Crippen LogP contribution < -0.4 is 0 Å². The normalized spacial score (nSPS) is 12.3. The van der Waals surface area contributed by atoms with Crippen LogP contribution in [0.15, 0.2) is 36.5 Å². The van der Waals surface area contributed by atoms with E-state index in [0.717, 1.165) is 64.2 Å². The Morgan fingerprint density at radius 3 is 1.05 bits per heavy atom. The van der Waals surface area contributed by atoms with Crippen LogP contribution in [0.2, 0.25) is 0 Å². The van der Waals surface area contributed by atoms with E-state index >= 15 is 0 Å². The molecule has 0 aromatic heterocycles. The van der Waals surface area contributed by atoms with Gasteiger partial charge in [-0.25, -0.2) is 0 Å². The van der Waals surface area contributed by atoms with Crippen LogP contribution in [0.25, 0.3) is 0 Å². The summed E-state index contributed by atoms with van der Waals surface area (Å²) in [6.07, 6.45) is 70.2. The van der Waals surface area contributed by atoms with E-state index in [2.05, 4.69) is 57.2 Å². The fraction of sp³-hybridized carbons (Fsp3) is 0.869. The molecule has 5 nitrogen and oxygen atoms in total. The van der Waals surface area contributed by atoms with Gasteiger partial charge in [0, 0.05) is 19.4 Å². The Kier molecular flexibility index (Phi) is 55.8. The highest BCUT2D eigenvalue weighted by Gasteiger charge is 2.17. The van der Waals surface area contributed by atoms with Crippen molar-refractivity contribution in [1.82, 2.24) is 0 Å². The summed E-state index contributed by atoms with van der Waals surface area (Å²) in [6, 6.07) is 0. The zero-order chi connectivity index (χ0) is 47.7. The lowest BCUT2D eigenvalue weighted by molar-refractivity contribution is -0.163. The Hall–Kier alpha value is -1.88. The summed E-state index contributed by atoms with van der Waals surface area (Å²) in [5.74, 6) is -0.400. The highest BCUT2D eigenvalue weighted by atomic mass is 16.6. The van der Waals surface area contributed by atoms with Gasteiger partial charge in [0.2, 0.25) is 0 Å². The first kappa shape index (κ1) is 64.1. The minimum absolute atomic E-state index is 0.0804. The Bertz CT molecular complexity index is 1050. The van der Waals surface area contributed by atoms with Crippen molar-refractivity contribution in [2.45, 2.75) is 322 Å². The van der Waals surface area contributed by atoms with Gasteiger partial charge in [-0.3, -0.25) is 9.59 Å². The van der Waals surface area contributed by atoms with Gasteiger partial charge in [0.25, 0.3) is 0 Å². The largest absolute Gasteiger partial charge is 0.462 e. The third kappa shape index (κ3) is 54.7. The summed E-state index contributed by atoms with van der Waals surface area (Å²) >= 11 is 0. The monoisotopic (exact) mass is 927 g/mol. The first-order valence-corrected chi connectivity index (χ1v) is 29.5. The molecule has 5 heteroatoms. The molecule has 0 rings (SSSR count). The predicted octanol–water partition coefficient (Wildman–Crippen LogP) is 20.1. The van der Waals surface area contributed by atoms with Crippen molar-refractivity contribution >= 4 is 11.9 Å². The van der Waals surface area contributed by atoms with Crippen molar-refractivity contribution in [3.63, 3.8) is 0 Å². The first-order valence-electron chi connectivity index (χ1n) is 29.5. The van der Waals surface area contributed by atoms with Gasteiger partial charge < -0.3 is 14.2 Å². The fourth-order valence-corrected chi connectivity index (χ4v) is 8.76. The van der Waals surface area contributed by atoms with Crippen LogP contribution in [0.3, 0.4) is 0 Å². The van der Waals surface area contributed by atoms with Crippen molar-refractivity contribution in [3.8, 4) is 0 Å². The van der Waals surface area contributed by atoms with Crippen LogP contribution in [0.5, 0.6) is 0 Å². The zero-order valence-corrected chi connectivity index (χ0v) is 44.7. The molecule has 0 amide bonds. The minimum atomic E-state index is -0.540. The van der Waals surface area contributed by atoms with Crippen LogP contribution in [0.4, 0.5) is 0 Å². The number of carbonyl (C=O) groups excluding carboxylic acids is 2. The highest BCUT2D eigenvalue weighted by Crippen LogP contribution is 2.17. The number of unbranched alkanes of at least 4 members (excludes halogenated alkanes) is 38. The SMILES string of the molecule is CCCCC/C=C\C/C=C\C/C=C\CCCCCCC(=O)OC[C@@H](COCCCCCCCCCCCCCCCCCC)OC(=O)CCCCCCCCCCCCCCCCCCC. The maximum absolute atomic E-state index is 12.9. The van der Waals surface area contributed by atoms with Crippen LogP contribution in [-0.2, 0) is 23.8 Å². The van der Waals surface area contributed by atoms with Gasteiger partial charge >= 0.3 is 11.9 Å². The maximum atomic E-state index is 12.9. The lowest BCUT2D eigenvalue weighted by atomic mass is 10.0. The molecule has 66 heavy (non-hydrogen) atoms. The molecule has 0 bridgehead atoms. The predicted molar refractivity (Wildman–Crippen MR) is 288 cm³/mol. The van der Waals surface area contributed by atoms with E-state index in [9.17, 15) is 9.59 Å². The van der Waals surface area contributed by atoms with Crippen LogP contribution >= 0.6 is 0 Å². The van der Waals surface area contributed by atoms with Crippen molar-refractivity contribution in [2.75, 3.05) is 19.8 Å². The quantitative estimate of drug-likeness (QED) is 0.0345. The number of hydrogen-bond acceptors (Lipinski definition) is 5. The summed E-state index contributed by atoms with van der Waals surface area (Å²) < 4.78 is 17.5. The molecule has 0 aliphatic carbocycles. The number of hydrogen-bond donors (Lipinski definition) is 0. The molecule has 0 radical (unpaired) electrons. The minimum Gasteiger partial charge on any atom is -0.462 e. The van der Waals surface area contributed by atoms with Crippen LogP contribution in [-0.4, -0.2) is 37.9 Å². The molecule has 0 aromatic carbocycles. The van der Waals surface area contributed by atoms with E-state index < -0.39 is 6.10 Å². The van der Waals surface area contributed by atoms with E-state index in [-0.39, 0.29) is 25.2 Å². The maximum Gasteiger partial charge on any atom is 0.306 e. The Balaban J connectivity index is 4.26. The van der Waals surface area contributed by atoms with Gasteiger partial charge in [0.15, 0.2) is 6.10 Å². The highest BCUT2D eigenvalue weighted by molar-refractivity contribution is 5.70.